The summed E-state index contributed by atoms with van der Waals surface area (Å²) in [7, 11) is -4.23. The fourth-order valence-electron chi connectivity index (χ4n) is 7.33. The molecule has 0 spiro atoms. The fourth-order valence-corrected chi connectivity index (χ4v) is 8.34. The van der Waals surface area contributed by atoms with E-state index in [1.165, 1.54) is 13.2 Å². The van der Waals surface area contributed by atoms with Gasteiger partial charge in [0.1, 0.15) is 5.75 Å². The van der Waals surface area contributed by atoms with Gasteiger partial charge < -0.3 is 25.2 Å². The van der Waals surface area contributed by atoms with Crippen molar-refractivity contribution in [2.75, 3.05) is 20.2 Å². The van der Waals surface area contributed by atoms with Crippen LogP contribution in [0.1, 0.15) is 68.6 Å². The maximum Gasteiger partial charge on any atom is 0.511 e. The summed E-state index contributed by atoms with van der Waals surface area (Å²) < 4.78 is 89.0. The largest absolute Gasteiger partial charge is 0.511 e. The van der Waals surface area contributed by atoms with Gasteiger partial charge in [-0.2, -0.15) is 17.5 Å². The second-order valence-electron chi connectivity index (χ2n) is 12.8. The van der Waals surface area contributed by atoms with Crippen LogP contribution in [-0.2, 0) is 19.6 Å². The maximum atomic E-state index is 15.0. The summed E-state index contributed by atoms with van der Waals surface area (Å²) in [5.41, 5.74) is -6.34. The maximum absolute atomic E-state index is 15.0. The van der Waals surface area contributed by atoms with Crippen LogP contribution in [0.2, 0.25) is 0 Å². The van der Waals surface area contributed by atoms with Crippen molar-refractivity contribution < 1.29 is 54.9 Å². The van der Waals surface area contributed by atoms with Crippen molar-refractivity contribution in [1.29, 1.82) is 0 Å². The molecule has 16 heteroatoms. The molecule has 5 rings (SSSR count). The second-order valence-corrected chi connectivity index (χ2v) is 14.8. The molecule has 0 aromatic heterocycles. The van der Waals surface area contributed by atoms with Gasteiger partial charge in [-0.05, 0) is 76.2 Å². The number of rotatable bonds is 9. The average molecular weight is 664 g/mol. The summed E-state index contributed by atoms with van der Waals surface area (Å²) >= 11 is 0. The molecule has 5 unspecified atom stereocenters. The summed E-state index contributed by atoms with van der Waals surface area (Å²) in [4.78, 5) is 38.6. The first kappa shape index (κ1) is 33.2. The quantitative estimate of drug-likeness (QED) is 0.340. The minimum atomic E-state index is -5.51. The molecule has 11 nitrogen and oxygen atoms in total. The van der Waals surface area contributed by atoms with Crippen LogP contribution in [0.25, 0.3) is 0 Å². The van der Waals surface area contributed by atoms with Gasteiger partial charge in [-0.1, -0.05) is 0 Å². The molecule has 3 aliphatic carbocycles. The van der Waals surface area contributed by atoms with E-state index in [1.54, 1.807) is 6.92 Å². The smallest absolute Gasteiger partial charge is 0.496 e. The molecule has 4 fully saturated rings. The lowest BCUT2D eigenvalue weighted by Crippen LogP contribution is -2.52. The SMILES string of the molecule is COc1cc(F)c(OC2CCC(C)(C(=O)O)CC2)cc1C(=O)NC1C2CCC(C2)C1C(=O)NC1CCN(S(=O)(=O)C(F)(F)F)C1. The zero-order valence-electron chi connectivity index (χ0n) is 24.9. The van der Waals surface area contributed by atoms with E-state index in [2.05, 4.69) is 10.6 Å². The Morgan fingerprint density at radius 3 is 2.31 bits per heavy atom. The summed E-state index contributed by atoms with van der Waals surface area (Å²) in [6.07, 6.45) is 3.19. The van der Waals surface area contributed by atoms with Crippen LogP contribution in [0.3, 0.4) is 0 Å². The van der Waals surface area contributed by atoms with Crippen molar-refractivity contribution >= 4 is 27.8 Å². The molecule has 3 saturated carbocycles. The Labute approximate surface area is 258 Å². The fraction of sp³-hybridized carbons (Fsp3) is 0.690. The number of alkyl halides is 3. The molecule has 2 amide bonds. The number of sulfonamides is 1. The lowest BCUT2D eigenvalue weighted by molar-refractivity contribution is -0.150. The van der Waals surface area contributed by atoms with E-state index in [1.807, 2.05) is 0 Å². The monoisotopic (exact) mass is 663 g/mol. The number of amides is 2. The topological polar surface area (TPSA) is 151 Å². The Morgan fingerprint density at radius 1 is 1.02 bits per heavy atom. The van der Waals surface area contributed by atoms with Crippen LogP contribution in [0, 0.1) is 29.0 Å². The molecule has 4 aliphatic rings. The van der Waals surface area contributed by atoms with Crippen LogP contribution in [0.4, 0.5) is 17.6 Å². The number of methoxy groups -OCH3 is 1. The first-order chi connectivity index (χ1) is 21.0. The molecular formula is C29H37F4N3O8S. The van der Waals surface area contributed by atoms with Gasteiger partial charge in [-0.15, -0.1) is 0 Å². The second kappa shape index (κ2) is 12.2. The van der Waals surface area contributed by atoms with Gasteiger partial charge in [0.15, 0.2) is 11.6 Å². The molecule has 1 aliphatic heterocycles. The first-order valence-electron chi connectivity index (χ1n) is 15.0. The average Bonchev–Trinajstić information content (AvgIpc) is 3.71. The van der Waals surface area contributed by atoms with E-state index in [-0.39, 0.29) is 41.9 Å². The number of hydrogen-bond acceptors (Lipinski definition) is 7. The predicted octanol–water partition coefficient (Wildman–Crippen LogP) is 3.43. The highest BCUT2D eigenvalue weighted by Gasteiger charge is 2.54. The third-order valence-electron chi connectivity index (χ3n) is 9.99. The molecule has 2 bridgehead atoms. The van der Waals surface area contributed by atoms with Gasteiger partial charge in [0.2, 0.25) is 5.91 Å². The number of carbonyl (C=O) groups excluding carboxylic acids is 2. The summed E-state index contributed by atoms with van der Waals surface area (Å²) in [6.45, 7) is 0.779. The molecule has 1 aromatic rings. The zero-order valence-corrected chi connectivity index (χ0v) is 25.7. The van der Waals surface area contributed by atoms with Crippen LogP contribution in [0.15, 0.2) is 12.1 Å². The van der Waals surface area contributed by atoms with Crippen molar-refractivity contribution in [1.82, 2.24) is 14.9 Å². The van der Waals surface area contributed by atoms with E-state index >= 15 is 0 Å². The van der Waals surface area contributed by atoms with Crippen molar-refractivity contribution in [3.8, 4) is 11.5 Å². The molecule has 3 N–H and O–H groups in total. The first-order valence-corrected chi connectivity index (χ1v) is 16.4. The Hall–Kier alpha value is -3.14. The molecule has 1 heterocycles. The van der Waals surface area contributed by atoms with E-state index in [9.17, 15) is 45.5 Å². The number of aliphatic carboxylic acids is 1. The number of carboxylic acids is 1. The van der Waals surface area contributed by atoms with E-state index < -0.39 is 75.2 Å². The Morgan fingerprint density at radius 2 is 1.69 bits per heavy atom. The number of nitrogens with one attached hydrogen (secondary N) is 2. The standard InChI is InChI=1S/C29H37F4N3O8S/c1-28(27(39)40)8-5-18(6-9-28)44-22-12-19(21(43-2)13-20(22)30)25(37)35-24-16-4-3-15(11-16)23(24)26(38)34-17-7-10-36(14-17)45(41,42)29(31,32)33/h12-13,15-18,23-24H,3-11,14H2,1-2H3,(H,34,38)(H,35,37)(H,39,40). The molecular weight excluding hydrogens is 626 g/mol. The highest BCUT2D eigenvalue weighted by Crippen LogP contribution is 2.49. The normalized spacial score (nSPS) is 31.9. The summed E-state index contributed by atoms with van der Waals surface area (Å²) in [5, 5.41) is 15.1. The molecule has 1 saturated heterocycles. The van der Waals surface area contributed by atoms with Crippen LogP contribution in [-0.4, -0.2) is 79.5 Å². The molecule has 1 aromatic carbocycles. The number of halogens is 4. The third-order valence-corrected chi connectivity index (χ3v) is 11.6. The molecule has 45 heavy (non-hydrogen) atoms. The highest BCUT2D eigenvalue weighted by molar-refractivity contribution is 7.90. The minimum absolute atomic E-state index is 0.0188. The number of hydrogen-bond donors (Lipinski definition) is 3. The molecule has 0 radical (unpaired) electrons. The Kier molecular flexibility index (Phi) is 9.03. The molecule has 5 atom stereocenters. The number of fused-ring (bicyclic) bond motifs is 2. The van der Waals surface area contributed by atoms with Crippen LogP contribution in [0.5, 0.6) is 11.5 Å². The zero-order chi connectivity index (χ0) is 32.9. The van der Waals surface area contributed by atoms with E-state index in [0.717, 1.165) is 18.9 Å². The number of carboxylic acid groups (broad SMARTS) is 1. The van der Waals surface area contributed by atoms with E-state index in [0.29, 0.717) is 36.4 Å². The van der Waals surface area contributed by atoms with Crippen LogP contribution >= 0.6 is 0 Å². The summed E-state index contributed by atoms with van der Waals surface area (Å²) in [5.74, 6) is -3.79. The van der Waals surface area contributed by atoms with Gasteiger partial charge in [-0.25, -0.2) is 12.8 Å². The van der Waals surface area contributed by atoms with Crippen molar-refractivity contribution in [2.45, 2.75) is 82.0 Å². The number of benzene rings is 1. The van der Waals surface area contributed by atoms with Gasteiger partial charge >= 0.3 is 21.5 Å². The Bertz CT molecular complexity index is 1450. The molecule has 250 valence electrons. The Balaban J connectivity index is 1.27. The highest BCUT2D eigenvalue weighted by atomic mass is 32.2. The third kappa shape index (κ3) is 6.44. The van der Waals surface area contributed by atoms with Crippen molar-refractivity contribution in [3.63, 3.8) is 0 Å². The van der Waals surface area contributed by atoms with Crippen molar-refractivity contribution in [2.24, 2.45) is 23.2 Å². The lowest BCUT2D eigenvalue weighted by atomic mass is 9.75. The van der Waals surface area contributed by atoms with Gasteiger partial charge in [0, 0.05) is 31.2 Å². The van der Waals surface area contributed by atoms with E-state index in [4.69, 9.17) is 9.47 Å². The predicted molar refractivity (Wildman–Crippen MR) is 150 cm³/mol. The minimum Gasteiger partial charge on any atom is -0.496 e. The van der Waals surface area contributed by atoms with Gasteiger partial charge in [0.05, 0.1) is 30.1 Å². The number of nitrogens with zero attached hydrogens (tertiary/aromatic N) is 1. The number of ether oxygens (including phenoxy) is 2. The lowest BCUT2D eigenvalue weighted by Gasteiger charge is -2.34. The van der Waals surface area contributed by atoms with Crippen molar-refractivity contribution in [3.05, 3.63) is 23.5 Å². The number of carbonyl (C=O) groups is 3. The van der Waals surface area contributed by atoms with Gasteiger partial charge in [-0.3, -0.25) is 14.4 Å². The van der Waals surface area contributed by atoms with Crippen LogP contribution < -0.4 is 20.1 Å². The summed E-state index contributed by atoms with van der Waals surface area (Å²) in [6, 6.07) is 0.833. The van der Waals surface area contributed by atoms with Gasteiger partial charge in [0.25, 0.3) is 5.91 Å².